The van der Waals surface area contributed by atoms with Crippen LogP contribution in [0.3, 0.4) is 0 Å². The average Bonchev–Trinajstić information content (AvgIpc) is 3.04. The molecule has 45 heavy (non-hydrogen) atoms. The van der Waals surface area contributed by atoms with Crippen LogP contribution in [0.25, 0.3) is 10.8 Å². The van der Waals surface area contributed by atoms with Gasteiger partial charge in [0.15, 0.2) is 6.61 Å². The number of carbonyl (C=O) groups is 1. The molecule has 0 bridgehead atoms. The van der Waals surface area contributed by atoms with Crippen molar-refractivity contribution in [2.24, 2.45) is 0 Å². The second kappa shape index (κ2) is 13.6. The van der Waals surface area contributed by atoms with E-state index in [0.29, 0.717) is 36.8 Å². The Morgan fingerprint density at radius 1 is 0.822 bits per heavy atom. The zero-order valence-electron chi connectivity index (χ0n) is 24.8. The van der Waals surface area contributed by atoms with Crippen molar-refractivity contribution in [2.75, 3.05) is 69.7 Å². The third-order valence-electron chi connectivity index (χ3n) is 8.19. The van der Waals surface area contributed by atoms with E-state index in [4.69, 9.17) is 15.2 Å². The summed E-state index contributed by atoms with van der Waals surface area (Å²) in [6.45, 7) is 5.70. The Labute approximate surface area is 264 Å². The van der Waals surface area contributed by atoms with E-state index in [0.717, 1.165) is 71.5 Å². The number of nitrogens with zero attached hydrogens (tertiary/aromatic N) is 3. The third kappa shape index (κ3) is 7.49. The maximum atomic E-state index is 13.5. The first-order valence-corrected chi connectivity index (χ1v) is 15.8. The van der Waals surface area contributed by atoms with Crippen molar-refractivity contribution in [1.29, 1.82) is 0 Å². The molecule has 0 radical (unpaired) electrons. The molecule has 0 amide bonds. The number of ether oxygens (including phenoxy) is 2. The summed E-state index contributed by atoms with van der Waals surface area (Å²) >= 11 is 1.51. The molecular formula is C34H35F3N4O3S. The Morgan fingerprint density at radius 2 is 1.58 bits per heavy atom. The number of halogens is 3. The minimum atomic E-state index is -4.39. The van der Waals surface area contributed by atoms with Gasteiger partial charge in [0.05, 0.1) is 16.9 Å². The molecule has 2 aliphatic rings. The van der Waals surface area contributed by atoms with Gasteiger partial charge in [-0.2, -0.15) is 13.2 Å². The average molecular weight is 637 g/mol. The number of anilines is 3. The largest absolute Gasteiger partial charge is 0.482 e. The molecule has 7 nitrogen and oxygen atoms in total. The summed E-state index contributed by atoms with van der Waals surface area (Å²) in [5.74, 6) is 0.142. The van der Waals surface area contributed by atoms with Crippen LogP contribution < -0.4 is 15.4 Å². The highest BCUT2D eigenvalue weighted by atomic mass is 32.2. The van der Waals surface area contributed by atoms with Crippen molar-refractivity contribution in [1.82, 2.24) is 9.80 Å². The van der Waals surface area contributed by atoms with Gasteiger partial charge in [-0.25, -0.2) is 4.79 Å². The molecule has 1 saturated heterocycles. The highest BCUT2D eigenvalue weighted by Crippen LogP contribution is 2.49. The van der Waals surface area contributed by atoms with Crippen LogP contribution in [0.5, 0.6) is 5.75 Å². The van der Waals surface area contributed by atoms with E-state index in [1.54, 1.807) is 6.07 Å². The van der Waals surface area contributed by atoms with E-state index in [1.807, 2.05) is 65.6 Å². The van der Waals surface area contributed by atoms with Crippen molar-refractivity contribution >= 4 is 45.6 Å². The summed E-state index contributed by atoms with van der Waals surface area (Å²) in [7, 11) is 0. The summed E-state index contributed by atoms with van der Waals surface area (Å²) in [5, 5.41) is 1.88. The number of rotatable bonds is 10. The van der Waals surface area contributed by atoms with Crippen LogP contribution in [0.4, 0.5) is 30.2 Å². The third-order valence-corrected chi connectivity index (χ3v) is 9.32. The van der Waals surface area contributed by atoms with E-state index in [9.17, 15) is 18.0 Å². The first-order chi connectivity index (χ1) is 21.7. The molecule has 0 aliphatic carbocycles. The summed E-state index contributed by atoms with van der Waals surface area (Å²) < 4.78 is 51.5. The van der Waals surface area contributed by atoms with Gasteiger partial charge in [0.2, 0.25) is 0 Å². The molecule has 4 aromatic carbocycles. The van der Waals surface area contributed by atoms with Crippen LogP contribution in [-0.2, 0) is 15.7 Å². The van der Waals surface area contributed by atoms with Gasteiger partial charge < -0.3 is 25.0 Å². The number of esters is 1. The Kier molecular flexibility index (Phi) is 9.39. The molecule has 236 valence electrons. The molecule has 2 aliphatic heterocycles. The van der Waals surface area contributed by atoms with E-state index in [-0.39, 0.29) is 6.61 Å². The number of nitrogens with two attached hydrogens (primary N) is 1. The molecule has 4 aromatic rings. The second-order valence-corrected chi connectivity index (χ2v) is 12.3. The predicted molar refractivity (Wildman–Crippen MR) is 171 cm³/mol. The fourth-order valence-electron chi connectivity index (χ4n) is 5.77. The van der Waals surface area contributed by atoms with Crippen LogP contribution in [-0.4, -0.2) is 74.8 Å². The van der Waals surface area contributed by atoms with Crippen molar-refractivity contribution in [3.63, 3.8) is 0 Å². The molecule has 0 aromatic heterocycles. The lowest BCUT2D eigenvalue weighted by Crippen LogP contribution is -2.47. The van der Waals surface area contributed by atoms with Gasteiger partial charge in [0.25, 0.3) is 0 Å². The lowest BCUT2D eigenvalue weighted by molar-refractivity contribution is -0.146. The van der Waals surface area contributed by atoms with Crippen molar-refractivity contribution in [2.45, 2.75) is 22.4 Å². The molecule has 1 fully saturated rings. The van der Waals surface area contributed by atoms with E-state index < -0.39 is 17.7 Å². The van der Waals surface area contributed by atoms with Crippen LogP contribution >= 0.6 is 11.8 Å². The van der Waals surface area contributed by atoms with E-state index >= 15 is 0 Å². The maximum absolute atomic E-state index is 13.5. The van der Waals surface area contributed by atoms with Gasteiger partial charge in [0, 0.05) is 60.1 Å². The summed E-state index contributed by atoms with van der Waals surface area (Å²) in [4.78, 5) is 20.8. The van der Waals surface area contributed by atoms with Crippen molar-refractivity contribution in [3.05, 3.63) is 84.4 Å². The quantitative estimate of drug-likeness (QED) is 0.153. The highest BCUT2D eigenvalue weighted by Gasteiger charge is 2.33. The number of para-hydroxylation sites is 1. The smallest absolute Gasteiger partial charge is 0.416 e. The van der Waals surface area contributed by atoms with Gasteiger partial charge in [-0.15, -0.1) is 0 Å². The summed E-state index contributed by atoms with van der Waals surface area (Å²) in [6, 6.07) is 23.1. The molecular weight excluding hydrogens is 601 g/mol. The van der Waals surface area contributed by atoms with Crippen LogP contribution in [0.1, 0.15) is 12.0 Å². The van der Waals surface area contributed by atoms with Crippen molar-refractivity contribution in [3.8, 4) is 5.75 Å². The molecule has 11 heteroatoms. The number of hydrogen-bond donors (Lipinski definition) is 1. The molecule has 6 rings (SSSR count). The molecule has 0 saturated carbocycles. The Balaban J connectivity index is 0.928. The fraction of sp³-hybridized carbons (Fsp3) is 0.324. The predicted octanol–water partition coefficient (Wildman–Crippen LogP) is 6.67. The zero-order chi connectivity index (χ0) is 31.4. The van der Waals surface area contributed by atoms with Crippen LogP contribution in [0, 0.1) is 0 Å². The highest BCUT2D eigenvalue weighted by molar-refractivity contribution is 7.99. The van der Waals surface area contributed by atoms with Crippen LogP contribution in [0.2, 0.25) is 0 Å². The number of nitrogen functional groups attached to an aromatic ring is 1. The van der Waals surface area contributed by atoms with Gasteiger partial charge in [-0.05, 0) is 66.9 Å². The minimum Gasteiger partial charge on any atom is -0.482 e. The number of fused-ring (bicyclic) bond motifs is 3. The SMILES string of the molecule is Nc1cccc2ccc(OCC(=O)OCCN3CCN(CCCN4c5ccccc5Sc5ccc(C(F)(F)F)cc54)CC3)cc12. The number of benzene rings is 4. The molecule has 0 atom stereocenters. The number of carbonyl (C=O) groups excluding carboxylic acids is 1. The first-order valence-electron chi connectivity index (χ1n) is 15.0. The minimum absolute atomic E-state index is 0.172. The normalized spacial score (nSPS) is 15.5. The second-order valence-electron chi connectivity index (χ2n) is 11.2. The monoisotopic (exact) mass is 636 g/mol. The molecule has 0 unspecified atom stereocenters. The molecule has 2 heterocycles. The Morgan fingerprint density at radius 3 is 2.38 bits per heavy atom. The zero-order valence-corrected chi connectivity index (χ0v) is 25.6. The van der Waals surface area contributed by atoms with Gasteiger partial charge in [-0.1, -0.05) is 42.1 Å². The summed E-state index contributed by atoms with van der Waals surface area (Å²) in [6.07, 6.45) is -3.57. The fourth-order valence-corrected chi connectivity index (χ4v) is 6.85. The number of hydrogen-bond acceptors (Lipinski definition) is 8. The maximum Gasteiger partial charge on any atom is 0.416 e. The Bertz CT molecular complexity index is 1660. The standard InChI is InChI=1S/C34H35F3N4O3S/c35-34(36,37)25-10-12-32-30(21-25)41(29-7-1-2-8-31(29)45-32)14-4-13-39-15-17-40(18-16-39)19-20-43-33(42)23-44-26-11-9-24-5-3-6-28(38)27(24)22-26/h1-3,5-12,21-22H,4,13-20,23,38H2. The van der Waals surface area contributed by atoms with Crippen LogP contribution in [0.15, 0.2) is 88.7 Å². The van der Waals surface area contributed by atoms with Gasteiger partial charge in [-0.3, -0.25) is 4.90 Å². The number of piperazine rings is 1. The van der Waals surface area contributed by atoms with Gasteiger partial charge in [0.1, 0.15) is 12.4 Å². The molecule has 2 N–H and O–H groups in total. The van der Waals surface area contributed by atoms with Crippen molar-refractivity contribution < 1.29 is 27.4 Å². The van der Waals surface area contributed by atoms with E-state index in [2.05, 4.69) is 9.80 Å². The topological polar surface area (TPSA) is 71.3 Å². The number of alkyl halides is 3. The first kappa shape index (κ1) is 31.1. The molecule has 0 spiro atoms. The summed E-state index contributed by atoms with van der Waals surface area (Å²) in [5.41, 5.74) is 7.62. The lowest BCUT2D eigenvalue weighted by Gasteiger charge is -2.36. The Hall–Kier alpha value is -3.93. The van der Waals surface area contributed by atoms with Gasteiger partial charge >= 0.3 is 12.1 Å². The van der Waals surface area contributed by atoms with E-state index in [1.165, 1.54) is 17.8 Å². The lowest BCUT2D eigenvalue weighted by atomic mass is 10.1.